The van der Waals surface area contributed by atoms with Crippen LogP contribution in [0, 0.1) is 0 Å². The fourth-order valence-electron chi connectivity index (χ4n) is 2.50. The zero-order valence-electron chi connectivity index (χ0n) is 15.5. The van der Waals surface area contributed by atoms with E-state index < -0.39 is 10.0 Å². The van der Waals surface area contributed by atoms with E-state index in [-0.39, 0.29) is 10.8 Å². The number of amides is 1. The van der Waals surface area contributed by atoms with Gasteiger partial charge < -0.3 is 10.1 Å². The fraction of sp³-hybridized carbons (Fsp3) is 0.150. The summed E-state index contributed by atoms with van der Waals surface area (Å²) in [5.41, 5.74) is 0.822. The molecule has 2 aromatic carbocycles. The molecule has 0 spiro atoms. The van der Waals surface area contributed by atoms with Crippen molar-refractivity contribution in [2.24, 2.45) is 0 Å². The van der Waals surface area contributed by atoms with Crippen LogP contribution in [-0.4, -0.2) is 20.9 Å². The van der Waals surface area contributed by atoms with Gasteiger partial charge in [-0.15, -0.1) is 11.3 Å². The van der Waals surface area contributed by atoms with Crippen LogP contribution in [0.3, 0.4) is 0 Å². The van der Waals surface area contributed by atoms with Crippen molar-refractivity contribution >= 4 is 48.9 Å². The lowest BCUT2D eigenvalue weighted by Gasteiger charge is -2.10. The molecule has 0 aliphatic carbocycles. The molecule has 1 heterocycles. The van der Waals surface area contributed by atoms with Gasteiger partial charge in [0.25, 0.3) is 15.9 Å². The molecule has 0 aliphatic heterocycles. The number of nitrogens with one attached hydrogen (secondary N) is 2. The van der Waals surface area contributed by atoms with Crippen molar-refractivity contribution in [2.45, 2.75) is 18.4 Å². The third kappa shape index (κ3) is 5.81. The third-order valence-electron chi connectivity index (χ3n) is 3.89. The fourth-order valence-corrected chi connectivity index (χ4v) is 4.95. The maximum Gasteiger partial charge on any atom is 0.261 e. The van der Waals surface area contributed by atoms with Crippen molar-refractivity contribution < 1.29 is 17.9 Å². The molecule has 152 valence electrons. The Balaban J connectivity index is 1.62. The van der Waals surface area contributed by atoms with E-state index >= 15 is 0 Å². The number of sulfonamides is 1. The minimum atomic E-state index is -3.73. The summed E-state index contributed by atoms with van der Waals surface area (Å²) in [5, 5.41) is 4.79. The average molecular weight is 495 g/mol. The predicted molar refractivity (Wildman–Crippen MR) is 118 cm³/mol. The smallest absolute Gasteiger partial charge is 0.261 e. The van der Waals surface area contributed by atoms with Crippen LogP contribution in [0.5, 0.6) is 5.75 Å². The molecule has 29 heavy (non-hydrogen) atoms. The molecule has 2 N–H and O–H groups in total. The molecule has 0 unspecified atom stereocenters. The second kappa shape index (κ2) is 9.43. The van der Waals surface area contributed by atoms with E-state index in [0.29, 0.717) is 30.2 Å². The highest BCUT2D eigenvalue weighted by Crippen LogP contribution is 2.21. The number of hydrogen-bond acceptors (Lipinski definition) is 5. The van der Waals surface area contributed by atoms with E-state index in [4.69, 9.17) is 4.74 Å². The molecule has 6 nitrogen and oxygen atoms in total. The van der Waals surface area contributed by atoms with E-state index in [9.17, 15) is 13.2 Å². The maximum absolute atomic E-state index is 12.5. The Morgan fingerprint density at radius 3 is 2.38 bits per heavy atom. The van der Waals surface area contributed by atoms with E-state index in [0.717, 1.165) is 9.35 Å². The summed E-state index contributed by atoms with van der Waals surface area (Å²) in [5.74, 6) is 0.382. The Hall–Kier alpha value is -2.36. The first-order chi connectivity index (χ1) is 13.9. The molecule has 0 aliphatic rings. The highest BCUT2D eigenvalue weighted by molar-refractivity contribution is 9.10. The van der Waals surface area contributed by atoms with Crippen molar-refractivity contribution in [3.8, 4) is 5.75 Å². The summed E-state index contributed by atoms with van der Waals surface area (Å²) in [6, 6.07) is 14.4. The molecule has 1 aromatic heterocycles. The Bertz CT molecular complexity index is 1080. The molecular formula is C20H19BrN2O4S2. The first-order valence-corrected chi connectivity index (χ1v) is 11.9. The second-order valence-electron chi connectivity index (χ2n) is 6.00. The van der Waals surface area contributed by atoms with Crippen molar-refractivity contribution in [3.05, 3.63) is 74.9 Å². The Morgan fingerprint density at radius 2 is 1.79 bits per heavy atom. The van der Waals surface area contributed by atoms with Crippen LogP contribution in [0.1, 0.15) is 22.2 Å². The van der Waals surface area contributed by atoms with Gasteiger partial charge in [0.2, 0.25) is 0 Å². The largest absolute Gasteiger partial charge is 0.494 e. The first kappa shape index (κ1) is 21.4. The first-order valence-electron chi connectivity index (χ1n) is 8.74. The predicted octanol–water partition coefficient (Wildman–Crippen LogP) is 4.64. The van der Waals surface area contributed by atoms with Crippen LogP contribution in [0.25, 0.3) is 0 Å². The average Bonchev–Trinajstić information content (AvgIpc) is 3.12. The molecule has 0 saturated carbocycles. The van der Waals surface area contributed by atoms with Crippen LogP contribution in [0.2, 0.25) is 0 Å². The lowest BCUT2D eigenvalue weighted by Crippen LogP contribution is -2.22. The van der Waals surface area contributed by atoms with E-state index in [1.54, 1.807) is 47.7 Å². The quantitative estimate of drug-likeness (QED) is 0.477. The maximum atomic E-state index is 12.5. The molecular weight excluding hydrogens is 476 g/mol. The minimum absolute atomic E-state index is 0.130. The molecule has 0 atom stereocenters. The van der Waals surface area contributed by atoms with E-state index in [2.05, 4.69) is 26.0 Å². The summed E-state index contributed by atoms with van der Waals surface area (Å²) < 4.78 is 33.8. The molecule has 0 saturated heterocycles. The van der Waals surface area contributed by atoms with Crippen molar-refractivity contribution in [1.82, 2.24) is 5.32 Å². The number of benzene rings is 2. The zero-order chi connectivity index (χ0) is 20.9. The Morgan fingerprint density at radius 1 is 1.10 bits per heavy atom. The lowest BCUT2D eigenvalue weighted by molar-refractivity contribution is 0.0951. The molecule has 1 amide bonds. The number of rotatable bonds is 8. The molecule has 0 fully saturated rings. The van der Waals surface area contributed by atoms with Gasteiger partial charge in [0.1, 0.15) is 5.75 Å². The SMILES string of the molecule is CCOc1ccc(S(=O)(=O)Nc2ccc(C(=O)NCc3cc(Br)cs3)cc2)cc1. The number of carbonyl (C=O) groups is 1. The van der Waals surface area contributed by atoms with Gasteiger partial charge in [0, 0.05) is 26.0 Å². The van der Waals surface area contributed by atoms with Crippen LogP contribution in [-0.2, 0) is 16.6 Å². The summed E-state index contributed by atoms with van der Waals surface area (Å²) in [7, 11) is -3.73. The summed E-state index contributed by atoms with van der Waals surface area (Å²) in [6.45, 7) is 2.80. The van der Waals surface area contributed by atoms with E-state index in [1.165, 1.54) is 12.1 Å². The van der Waals surface area contributed by atoms with E-state index in [1.807, 2.05) is 18.4 Å². The standard InChI is InChI=1S/C20H19BrN2O4S2/c1-2-27-17-7-9-19(10-8-17)29(25,26)23-16-5-3-14(4-6-16)20(24)22-12-18-11-15(21)13-28-18/h3-11,13,23H,2,12H2,1H3,(H,22,24). The number of ether oxygens (including phenoxy) is 1. The highest BCUT2D eigenvalue weighted by Gasteiger charge is 2.15. The molecule has 9 heteroatoms. The highest BCUT2D eigenvalue weighted by atomic mass is 79.9. The van der Waals surface area contributed by atoms with Gasteiger partial charge in [-0.2, -0.15) is 0 Å². The number of anilines is 1. The number of thiophene rings is 1. The minimum Gasteiger partial charge on any atom is -0.494 e. The van der Waals surface area contributed by atoms with Crippen molar-refractivity contribution in [2.75, 3.05) is 11.3 Å². The van der Waals surface area contributed by atoms with Gasteiger partial charge in [-0.05, 0) is 77.5 Å². The van der Waals surface area contributed by atoms with Crippen LogP contribution in [0.4, 0.5) is 5.69 Å². The number of halogens is 1. The summed E-state index contributed by atoms with van der Waals surface area (Å²) in [6.07, 6.45) is 0. The van der Waals surface area contributed by atoms with Gasteiger partial charge in [-0.1, -0.05) is 0 Å². The van der Waals surface area contributed by atoms with Gasteiger partial charge >= 0.3 is 0 Å². The molecule has 3 rings (SSSR count). The van der Waals surface area contributed by atoms with Gasteiger partial charge in [-0.25, -0.2) is 8.42 Å². The van der Waals surface area contributed by atoms with Crippen molar-refractivity contribution in [1.29, 1.82) is 0 Å². The van der Waals surface area contributed by atoms with Crippen LogP contribution >= 0.6 is 27.3 Å². The number of carbonyl (C=O) groups excluding carboxylic acids is 1. The van der Waals surface area contributed by atoms with Gasteiger partial charge in [-0.3, -0.25) is 9.52 Å². The topological polar surface area (TPSA) is 84.5 Å². The van der Waals surface area contributed by atoms with Crippen molar-refractivity contribution in [3.63, 3.8) is 0 Å². The zero-order valence-corrected chi connectivity index (χ0v) is 18.7. The molecule has 0 bridgehead atoms. The Labute approximate surface area is 182 Å². The van der Waals surface area contributed by atoms with Gasteiger partial charge in [0.05, 0.1) is 18.0 Å². The molecule has 3 aromatic rings. The second-order valence-corrected chi connectivity index (χ2v) is 9.60. The van der Waals surface area contributed by atoms with Crippen LogP contribution < -0.4 is 14.8 Å². The monoisotopic (exact) mass is 494 g/mol. The normalized spacial score (nSPS) is 11.1. The third-order valence-corrected chi connectivity index (χ3v) is 6.98. The molecule has 0 radical (unpaired) electrons. The summed E-state index contributed by atoms with van der Waals surface area (Å²) in [4.78, 5) is 13.4. The van der Waals surface area contributed by atoms with Crippen LogP contribution in [0.15, 0.2) is 69.3 Å². The van der Waals surface area contributed by atoms with Gasteiger partial charge in [0.15, 0.2) is 0 Å². The Kier molecular flexibility index (Phi) is 6.94. The number of hydrogen-bond donors (Lipinski definition) is 2. The summed E-state index contributed by atoms with van der Waals surface area (Å²) >= 11 is 4.93. The lowest BCUT2D eigenvalue weighted by atomic mass is 10.2.